The molecule has 0 aromatic heterocycles. The summed E-state index contributed by atoms with van der Waals surface area (Å²) in [6.45, 7) is 4.19. The third kappa shape index (κ3) is 4.88. The minimum Gasteiger partial charge on any atom is -0.487 e. The summed E-state index contributed by atoms with van der Waals surface area (Å²) in [6, 6.07) is 22.2. The molecule has 0 unspecified atom stereocenters. The van der Waals surface area contributed by atoms with Gasteiger partial charge in [-0.15, -0.1) is 0 Å². The van der Waals surface area contributed by atoms with Crippen molar-refractivity contribution in [2.45, 2.75) is 49.6 Å². The molecule has 0 spiro atoms. The van der Waals surface area contributed by atoms with E-state index < -0.39 is 10.0 Å². The van der Waals surface area contributed by atoms with Crippen molar-refractivity contribution in [1.29, 1.82) is 0 Å². The van der Waals surface area contributed by atoms with Crippen LogP contribution in [0.4, 0.5) is 5.69 Å². The van der Waals surface area contributed by atoms with Crippen LogP contribution in [-0.4, -0.2) is 19.9 Å². The SMILES string of the molecule is CCC1(CC)C[C@H](NC(=O)c2cccc(NS(=O)(=O)c3ccccc3)c2)c2ccccc2O1. The van der Waals surface area contributed by atoms with Crippen LogP contribution in [0, 0.1) is 0 Å². The van der Waals surface area contributed by atoms with E-state index in [-0.39, 0.29) is 22.4 Å². The summed E-state index contributed by atoms with van der Waals surface area (Å²) < 4.78 is 34.2. The average Bonchev–Trinajstić information content (AvgIpc) is 2.84. The number of anilines is 1. The molecule has 3 aromatic carbocycles. The quantitative estimate of drug-likeness (QED) is 0.497. The first-order valence-electron chi connectivity index (χ1n) is 11.1. The first kappa shape index (κ1) is 22.9. The Hall–Kier alpha value is -3.32. The lowest BCUT2D eigenvalue weighted by Crippen LogP contribution is -2.44. The smallest absolute Gasteiger partial charge is 0.261 e. The molecule has 172 valence electrons. The Labute approximate surface area is 195 Å². The highest BCUT2D eigenvalue weighted by Crippen LogP contribution is 2.42. The monoisotopic (exact) mass is 464 g/mol. The highest BCUT2D eigenvalue weighted by molar-refractivity contribution is 7.92. The van der Waals surface area contributed by atoms with Gasteiger partial charge in [-0.1, -0.05) is 56.3 Å². The molecule has 33 heavy (non-hydrogen) atoms. The predicted molar refractivity (Wildman–Crippen MR) is 129 cm³/mol. The molecule has 6 nitrogen and oxygen atoms in total. The summed E-state index contributed by atoms with van der Waals surface area (Å²) in [4.78, 5) is 13.3. The van der Waals surface area contributed by atoms with Gasteiger partial charge in [-0.05, 0) is 49.2 Å². The predicted octanol–water partition coefficient (Wildman–Crippen LogP) is 5.30. The fourth-order valence-corrected chi connectivity index (χ4v) is 5.28. The summed E-state index contributed by atoms with van der Waals surface area (Å²) in [6.07, 6.45) is 2.34. The van der Waals surface area contributed by atoms with Gasteiger partial charge in [0.2, 0.25) is 0 Å². The number of sulfonamides is 1. The van der Waals surface area contributed by atoms with Crippen LogP contribution in [0.2, 0.25) is 0 Å². The third-order valence-electron chi connectivity index (χ3n) is 6.22. The Morgan fingerprint density at radius 3 is 2.39 bits per heavy atom. The zero-order valence-electron chi connectivity index (χ0n) is 18.7. The molecular formula is C26H28N2O4S. The summed E-state index contributed by atoms with van der Waals surface area (Å²) in [5, 5.41) is 3.14. The topological polar surface area (TPSA) is 84.5 Å². The molecule has 7 heteroatoms. The molecule has 2 N–H and O–H groups in total. The number of para-hydroxylation sites is 1. The number of nitrogens with one attached hydrogen (secondary N) is 2. The molecule has 1 atom stereocenters. The van der Waals surface area contributed by atoms with Crippen molar-refractivity contribution in [3.63, 3.8) is 0 Å². The molecule has 0 bridgehead atoms. The molecule has 1 amide bonds. The number of benzene rings is 3. The van der Waals surface area contributed by atoms with E-state index in [0.717, 1.165) is 24.2 Å². The zero-order valence-corrected chi connectivity index (χ0v) is 19.6. The lowest BCUT2D eigenvalue weighted by molar-refractivity contribution is 0.0227. The van der Waals surface area contributed by atoms with Crippen LogP contribution in [0.3, 0.4) is 0 Å². The maximum atomic E-state index is 13.2. The lowest BCUT2D eigenvalue weighted by atomic mass is 9.83. The number of carbonyl (C=O) groups excluding carboxylic acids is 1. The zero-order chi connectivity index (χ0) is 23.5. The number of hydrogen-bond donors (Lipinski definition) is 2. The van der Waals surface area contributed by atoms with Crippen LogP contribution < -0.4 is 14.8 Å². The van der Waals surface area contributed by atoms with E-state index in [4.69, 9.17) is 4.74 Å². The van der Waals surface area contributed by atoms with Gasteiger partial charge >= 0.3 is 0 Å². The Morgan fingerprint density at radius 2 is 1.67 bits per heavy atom. The van der Waals surface area contributed by atoms with Crippen LogP contribution in [0.5, 0.6) is 5.75 Å². The van der Waals surface area contributed by atoms with Crippen molar-refractivity contribution < 1.29 is 17.9 Å². The van der Waals surface area contributed by atoms with Crippen LogP contribution >= 0.6 is 0 Å². The summed E-state index contributed by atoms with van der Waals surface area (Å²) >= 11 is 0. The molecule has 1 heterocycles. The minimum atomic E-state index is -3.74. The summed E-state index contributed by atoms with van der Waals surface area (Å²) in [5.41, 5.74) is 1.32. The standard InChI is InChI=1S/C26H28N2O4S/c1-3-26(4-2)18-23(22-15-8-9-16-24(22)32-26)27-25(29)19-11-10-12-20(17-19)28-33(30,31)21-13-6-5-7-14-21/h5-17,23,28H,3-4,18H2,1-2H3,(H,27,29)/t23-/m0/s1. The third-order valence-corrected chi connectivity index (χ3v) is 7.62. The second-order valence-corrected chi connectivity index (χ2v) is 9.94. The number of ether oxygens (including phenoxy) is 1. The molecule has 1 aliphatic heterocycles. The molecule has 0 aliphatic carbocycles. The number of hydrogen-bond acceptors (Lipinski definition) is 4. The van der Waals surface area contributed by atoms with Crippen molar-refractivity contribution in [2.75, 3.05) is 4.72 Å². The maximum absolute atomic E-state index is 13.2. The second-order valence-electron chi connectivity index (χ2n) is 8.26. The fourth-order valence-electron chi connectivity index (χ4n) is 4.21. The Balaban J connectivity index is 1.56. The first-order valence-corrected chi connectivity index (χ1v) is 12.6. The van der Waals surface area contributed by atoms with Crippen LogP contribution in [0.25, 0.3) is 0 Å². The van der Waals surface area contributed by atoms with E-state index in [1.165, 1.54) is 12.1 Å². The average molecular weight is 465 g/mol. The largest absolute Gasteiger partial charge is 0.487 e. The summed E-state index contributed by atoms with van der Waals surface area (Å²) in [7, 11) is -3.74. The van der Waals surface area contributed by atoms with Gasteiger partial charge in [0.05, 0.1) is 10.9 Å². The number of rotatable bonds is 7. The first-order chi connectivity index (χ1) is 15.9. The van der Waals surface area contributed by atoms with Gasteiger partial charge in [-0.2, -0.15) is 0 Å². The van der Waals surface area contributed by atoms with Gasteiger partial charge in [0.25, 0.3) is 15.9 Å². The Bertz CT molecular complexity index is 1240. The van der Waals surface area contributed by atoms with Gasteiger partial charge in [0.15, 0.2) is 0 Å². The molecule has 0 fully saturated rings. The molecule has 1 aliphatic rings. The van der Waals surface area contributed by atoms with E-state index in [2.05, 4.69) is 23.9 Å². The Morgan fingerprint density at radius 1 is 0.970 bits per heavy atom. The van der Waals surface area contributed by atoms with Crippen LogP contribution in [0.15, 0.2) is 83.8 Å². The van der Waals surface area contributed by atoms with Gasteiger partial charge in [0, 0.05) is 23.2 Å². The van der Waals surface area contributed by atoms with E-state index in [1.54, 1.807) is 42.5 Å². The Kier molecular flexibility index (Phi) is 6.42. The maximum Gasteiger partial charge on any atom is 0.261 e. The van der Waals surface area contributed by atoms with Crippen LogP contribution in [-0.2, 0) is 10.0 Å². The van der Waals surface area contributed by atoms with Crippen molar-refractivity contribution >= 4 is 21.6 Å². The minimum absolute atomic E-state index is 0.161. The van der Waals surface area contributed by atoms with Crippen molar-refractivity contribution in [1.82, 2.24) is 5.32 Å². The normalized spacial score (nSPS) is 16.8. The highest BCUT2D eigenvalue weighted by Gasteiger charge is 2.39. The van der Waals surface area contributed by atoms with Crippen molar-refractivity contribution in [2.24, 2.45) is 0 Å². The highest BCUT2D eigenvalue weighted by atomic mass is 32.2. The molecule has 3 aromatic rings. The molecule has 0 saturated carbocycles. The van der Waals surface area contributed by atoms with E-state index in [1.807, 2.05) is 24.3 Å². The second kappa shape index (κ2) is 9.27. The van der Waals surface area contributed by atoms with Gasteiger partial charge < -0.3 is 10.1 Å². The van der Waals surface area contributed by atoms with Crippen molar-refractivity contribution in [3.05, 3.63) is 90.0 Å². The van der Waals surface area contributed by atoms with E-state index in [0.29, 0.717) is 17.7 Å². The van der Waals surface area contributed by atoms with E-state index in [9.17, 15) is 13.2 Å². The van der Waals surface area contributed by atoms with E-state index >= 15 is 0 Å². The molecule has 0 saturated heterocycles. The number of carbonyl (C=O) groups is 1. The van der Waals surface area contributed by atoms with Crippen LogP contribution in [0.1, 0.15) is 55.1 Å². The van der Waals surface area contributed by atoms with Gasteiger partial charge in [0.1, 0.15) is 11.4 Å². The van der Waals surface area contributed by atoms with Gasteiger partial charge in [-0.3, -0.25) is 9.52 Å². The summed E-state index contributed by atoms with van der Waals surface area (Å²) in [5.74, 6) is 0.528. The molecule has 0 radical (unpaired) electrons. The molecular weight excluding hydrogens is 436 g/mol. The lowest BCUT2D eigenvalue weighted by Gasteiger charge is -2.41. The van der Waals surface area contributed by atoms with Gasteiger partial charge in [-0.25, -0.2) is 8.42 Å². The fraction of sp³-hybridized carbons (Fsp3) is 0.269. The van der Waals surface area contributed by atoms with Crippen molar-refractivity contribution in [3.8, 4) is 5.75 Å². The number of amides is 1. The molecule has 4 rings (SSSR count). The number of fused-ring (bicyclic) bond motifs is 1.